The maximum Gasteiger partial charge on any atom is 0.284 e. The van der Waals surface area contributed by atoms with Crippen molar-refractivity contribution >= 4 is 11.6 Å². The van der Waals surface area contributed by atoms with Crippen LogP contribution in [0.25, 0.3) is 0 Å². The monoisotopic (exact) mass is 313 g/mol. The van der Waals surface area contributed by atoms with Crippen LogP contribution in [0.15, 0.2) is 28.7 Å². The fourth-order valence-corrected chi connectivity index (χ4v) is 2.23. The van der Waals surface area contributed by atoms with E-state index in [9.17, 15) is 15.2 Å². The van der Waals surface area contributed by atoms with Gasteiger partial charge in [-0.2, -0.15) is 5.26 Å². The van der Waals surface area contributed by atoms with Gasteiger partial charge in [-0.25, -0.2) is 0 Å². The van der Waals surface area contributed by atoms with Crippen LogP contribution in [0.5, 0.6) is 5.75 Å². The van der Waals surface area contributed by atoms with Gasteiger partial charge in [0.05, 0.1) is 23.9 Å². The summed E-state index contributed by atoms with van der Waals surface area (Å²) in [4.78, 5) is 11.0. The van der Waals surface area contributed by atoms with Gasteiger partial charge in [0.1, 0.15) is 11.5 Å². The number of hydrogen-bond acceptors (Lipinski definition) is 5. The molecule has 0 aliphatic heterocycles. The molecule has 0 saturated heterocycles. The lowest BCUT2D eigenvalue weighted by Gasteiger charge is -2.22. The minimum atomic E-state index is -0.632. The summed E-state index contributed by atoms with van der Waals surface area (Å²) in [7, 11) is 0. The van der Waals surface area contributed by atoms with Crippen LogP contribution in [0.3, 0.4) is 0 Å². The molecule has 2 aromatic rings. The Morgan fingerprint density at radius 3 is 2.61 bits per heavy atom. The molecule has 0 bridgehead atoms. The number of rotatable bonds is 4. The van der Waals surface area contributed by atoms with Crippen LogP contribution in [0.2, 0.25) is 0 Å². The van der Waals surface area contributed by atoms with E-state index in [1.54, 1.807) is 12.1 Å². The first kappa shape index (κ1) is 16.4. The third-order valence-electron chi connectivity index (χ3n) is 3.42. The summed E-state index contributed by atoms with van der Waals surface area (Å²) in [6.45, 7) is 6.26. The van der Waals surface area contributed by atoms with Crippen molar-refractivity contribution in [3.05, 3.63) is 46.9 Å². The van der Waals surface area contributed by atoms with Crippen molar-refractivity contribution in [2.45, 2.75) is 32.7 Å². The smallest absolute Gasteiger partial charge is 0.284 e. The fourth-order valence-electron chi connectivity index (χ4n) is 2.23. The number of hydrogen-bond donors (Lipinski definition) is 3. The quantitative estimate of drug-likeness (QED) is 0.751. The highest BCUT2D eigenvalue weighted by atomic mass is 16.3. The van der Waals surface area contributed by atoms with Crippen LogP contribution in [0.1, 0.15) is 48.2 Å². The number of benzene rings is 1. The van der Waals surface area contributed by atoms with Crippen LogP contribution in [-0.2, 0) is 12.0 Å². The Hall–Kier alpha value is -2.94. The topological polar surface area (TPSA) is 112 Å². The van der Waals surface area contributed by atoms with E-state index in [2.05, 4.69) is 11.4 Å². The van der Waals surface area contributed by atoms with Gasteiger partial charge in [-0.05, 0) is 29.2 Å². The van der Waals surface area contributed by atoms with Gasteiger partial charge in [-0.3, -0.25) is 4.79 Å². The molecular weight excluding hydrogens is 294 g/mol. The number of amides is 1. The first-order valence-corrected chi connectivity index (χ1v) is 7.12. The largest absolute Gasteiger partial charge is 0.506 e. The third-order valence-corrected chi connectivity index (χ3v) is 3.42. The number of phenols is 1. The Kier molecular flexibility index (Phi) is 4.32. The van der Waals surface area contributed by atoms with E-state index in [1.165, 1.54) is 12.1 Å². The Morgan fingerprint density at radius 2 is 2.09 bits per heavy atom. The summed E-state index contributed by atoms with van der Waals surface area (Å²) in [5, 5.41) is 22.3. The van der Waals surface area contributed by atoms with Crippen LogP contribution >= 0.6 is 0 Å². The molecule has 6 nitrogen and oxygen atoms in total. The highest BCUT2D eigenvalue weighted by molar-refractivity contribution is 5.89. The molecule has 0 atom stereocenters. The number of nitrogens with one attached hydrogen (secondary N) is 1. The number of nitriles is 1. The number of nitrogens with two attached hydrogens (primary N) is 1. The second-order valence-corrected chi connectivity index (χ2v) is 6.26. The van der Waals surface area contributed by atoms with Crippen LogP contribution in [0.4, 0.5) is 5.69 Å². The number of furan rings is 1. The van der Waals surface area contributed by atoms with E-state index in [4.69, 9.17) is 10.2 Å². The van der Waals surface area contributed by atoms with Crippen molar-refractivity contribution in [1.29, 1.82) is 5.26 Å². The zero-order valence-corrected chi connectivity index (χ0v) is 13.3. The average Bonchev–Trinajstić information content (AvgIpc) is 2.93. The van der Waals surface area contributed by atoms with Gasteiger partial charge in [0.2, 0.25) is 0 Å². The standard InChI is InChI=1S/C17H19N3O3/c1-17(2,3)12-7-13(14(21)6-10(12)8-18)20-9-11-4-5-15(23-11)16(19)22/h4-7,20-21H,9H2,1-3H3,(H2,19,22). The molecule has 6 heteroatoms. The molecule has 1 heterocycles. The Labute approximate surface area is 134 Å². The van der Waals surface area contributed by atoms with Gasteiger partial charge >= 0.3 is 0 Å². The summed E-state index contributed by atoms with van der Waals surface area (Å²) in [5.41, 5.74) is 6.66. The number of carbonyl (C=O) groups excluding carboxylic acids is 1. The van der Waals surface area contributed by atoms with Crippen LogP contribution in [-0.4, -0.2) is 11.0 Å². The number of carbonyl (C=O) groups is 1. The molecule has 0 radical (unpaired) electrons. The maximum absolute atomic E-state index is 11.0. The summed E-state index contributed by atoms with van der Waals surface area (Å²) in [6, 6.07) is 8.44. The van der Waals surface area contributed by atoms with Crippen molar-refractivity contribution in [3.8, 4) is 11.8 Å². The molecule has 0 saturated carbocycles. The van der Waals surface area contributed by atoms with Gasteiger partial charge in [0.15, 0.2) is 5.76 Å². The van der Waals surface area contributed by atoms with Crippen molar-refractivity contribution in [2.75, 3.05) is 5.32 Å². The lowest BCUT2D eigenvalue weighted by atomic mass is 9.83. The van der Waals surface area contributed by atoms with E-state index in [0.717, 1.165) is 5.56 Å². The molecule has 1 aromatic carbocycles. The van der Waals surface area contributed by atoms with Crippen molar-refractivity contribution in [1.82, 2.24) is 0 Å². The molecule has 23 heavy (non-hydrogen) atoms. The number of phenolic OH excluding ortho intramolecular Hbond substituents is 1. The highest BCUT2D eigenvalue weighted by Gasteiger charge is 2.20. The van der Waals surface area contributed by atoms with Gasteiger partial charge in [0, 0.05) is 6.07 Å². The van der Waals surface area contributed by atoms with E-state index in [1.807, 2.05) is 20.8 Å². The average molecular weight is 313 g/mol. The molecule has 2 rings (SSSR count). The van der Waals surface area contributed by atoms with Crippen LogP contribution in [0, 0.1) is 11.3 Å². The number of aromatic hydroxyl groups is 1. The van der Waals surface area contributed by atoms with E-state index in [0.29, 0.717) is 17.0 Å². The second kappa shape index (κ2) is 6.05. The van der Waals surface area contributed by atoms with Gasteiger partial charge in [0.25, 0.3) is 5.91 Å². The molecule has 0 fully saturated rings. The highest BCUT2D eigenvalue weighted by Crippen LogP contribution is 2.34. The molecule has 1 amide bonds. The summed E-state index contributed by atoms with van der Waals surface area (Å²) >= 11 is 0. The molecule has 1 aromatic heterocycles. The first-order chi connectivity index (χ1) is 10.7. The first-order valence-electron chi connectivity index (χ1n) is 7.12. The summed E-state index contributed by atoms with van der Waals surface area (Å²) < 4.78 is 5.28. The Balaban J connectivity index is 2.26. The number of nitrogens with zero attached hydrogens (tertiary/aromatic N) is 1. The third kappa shape index (κ3) is 3.64. The van der Waals surface area contributed by atoms with Gasteiger partial charge in [-0.15, -0.1) is 0 Å². The minimum absolute atomic E-state index is 0.0174. The van der Waals surface area contributed by atoms with E-state index >= 15 is 0 Å². The zero-order chi connectivity index (χ0) is 17.2. The Morgan fingerprint density at radius 1 is 1.39 bits per heavy atom. The van der Waals surface area contributed by atoms with Gasteiger partial charge in [-0.1, -0.05) is 20.8 Å². The molecule has 0 aliphatic rings. The van der Waals surface area contributed by atoms with Gasteiger partial charge < -0.3 is 20.6 Å². The zero-order valence-electron chi connectivity index (χ0n) is 13.3. The second-order valence-electron chi connectivity index (χ2n) is 6.26. The van der Waals surface area contributed by atoms with Crippen molar-refractivity contribution < 1.29 is 14.3 Å². The molecule has 120 valence electrons. The SMILES string of the molecule is CC(C)(C)c1cc(NCc2ccc(C(N)=O)o2)c(O)cc1C#N. The normalized spacial score (nSPS) is 11.0. The lowest BCUT2D eigenvalue weighted by molar-refractivity contribution is 0.0972. The van der Waals surface area contributed by atoms with Crippen LogP contribution < -0.4 is 11.1 Å². The Bertz CT molecular complexity index is 779. The maximum atomic E-state index is 11.0. The number of anilines is 1. The van der Waals surface area contributed by atoms with E-state index in [-0.39, 0.29) is 23.5 Å². The molecule has 0 unspecified atom stereocenters. The molecule has 0 spiro atoms. The predicted molar refractivity (Wildman–Crippen MR) is 86.1 cm³/mol. The summed E-state index contributed by atoms with van der Waals surface area (Å²) in [5.74, 6) is -0.0511. The fraction of sp³-hybridized carbons (Fsp3) is 0.294. The predicted octanol–water partition coefficient (Wildman–Crippen LogP) is 2.87. The van der Waals surface area contributed by atoms with Crippen molar-refractivity contribution in [3.63, 3.8) is 0 Å². The van der Waals surface area contributed by atoms with E-state index < -0.39 is 5.91 Å². The van der Waals surface area contributed by atoms with Crippen molar-refractivity contribution in [2.24, 2.45) is 5.73 Å². The molecule has 4 N–H and O–H groups in total. The number of primary amides is 1. The summed E-state index contributed by atoms with van der Waals surface area (Å²) in [6.07, 6.45) is 0. The lowest BCUT2D eigenvalue weighted by Crippen LogP contribution is -2.14. The molecule has 0 aliphatic carbocycles. The molecular formula is C17H19N3O3. The minimum Gasteiger partial charge on any atom is -0.506 e.